The zero-order valence-corrected chi connectivity index (χ0v) is 19.7. The quantitative estimate of drug-likeness (QED) is 0.533. The van der Waals surface area contributed by atoms with Gasteiger partial charge in [0, 0.05) is 17.8 Å². The second-order valence-electron chi connectivity index (χ2n) is 9.01. The number of rotatable bonds is 5. The van der Waals surface area contributed by atoms with Gasteiger partial charge in [0.1, 0.15) is 11.5 Å². The average molecular weight is 452 g/mol. The molecule has 0 aromatic carbocycles. The van der Waals surface area contributed by atoms with Crippen molar-refractivity contribution in [1.29, 1.82) is 0 Å². The Morgan fingerprint density at radius 1 is 1.19 bits per heavy atom. The molecule has 0 saturated carbocycles. The van der Waals surface area contributed by atoms with Crippen molar-refractivity contribution in [3.05, 3.63) is 27.4 Å². The third-order valence-electron chi connectivity index (χ3n) is 4.34. The largest absolute Gasteiger partial charge is 0.462 e. The lowest BCUT2D eigenvalue weighted by Crippen LogP contribution is -2.44. The van der Waals surface area contributed by atoms with Gasteiger partial charge in [0.05, 0.1) is 17.8 Å². The topological polar surface area (TPSA) is 109 Å². The minimum atomic E-state index is -1.31. The van der Waals surface area contributed by atoms with Gasteiger partial charge in [-0.1, -0.05) is 11.8 Å². The van der Waals surface area contributed by atoms with Gasteiger partial charge in [-0.15, -0.1) is 0 Å². The van der Waals surface area contributed by atoms with Crippen LogP contribution in [0.2, 0.25) is 0 Å². The van der Waals surface area contributed by atoms with E-state index in [2.05, 4.69) is 10.3 Å². The summed E-state index contributed by atoms with van der Waals surface area (Å²) in [6, 6.07) is 0. The summed E-state index contributed by atoms with van der Waals surface area (Å²) in [5, 5.41) is 3.64. The number of ether oxygens (including phenoxy) is 3. The molecule has 2 aliphatic rings. The SMILES string of the molecule is CC(C)OC(=O)C1=C(NC(C)(C)C)Oc2nc3n(c(=O)c2C1C(=O)OC(C)C)CCS3. The van der Waals surface area contributed by atoms with E-state index in [1.807, 2.05) is 20.8 Å². The lowest BCUT2D eigenvalue weighted by atomic mass is 9.90. The molecule has 9 nitrogen and oxygen atoms in total. The van der Waals surface area contributed by atoms with E-state index < -0.39 is 41.2 Å². The van der Waals surface area contributed by atoms with Crippen LogP contribution in [0.1, 0.15) is 59.9 Å². The van der Waals surface area contributed by atoms with E-state index in [1.165, 1.54) is 16.3 Å². The van der Waals surface area contributed by atoms with E-state index in [9.17, 15) is 14.4 Å². The van der Waals surface area contributed by atoms with Gasteiger partial charge in [0.2, 0.25) is 11.8 Å². The van der Waals surface area contributed by atoms with E-state index in [-0.39, 0.29) is 22.9 Å². The van der Waals surface area contributed by atoms with Crippen LogP contribution in [0.5, 0.6) is 5.88 Å². The smallest absolute Gasteiger partial charge is 0.340 e. The summed E-state index contributed by atoms with van der Waals surface area (Å²) in [5.74, 6) is -2.06. The molecule has 2 aliphatic heterocycles. The maximum absolute atomic E-state index is 13.3. The summed E-state index contributed by atoms with van der Waals surface area (Å²) in [6.45, 7) is 12.9. The molecule has 0 aliphatic carbocycles. The predicted molar refractivity (Wildman–Crippen MR) is 115 cm³/mol. The third-order valence-corrected chi connectivity index (χ3v) is 5.30. The van der Waals surface area contributed by atoms with Gasteiger partial charge in [-0.05, 0) is 48.5 Å². The van der Waals surface area contributed by atoms with Crippen molar-refractivity contribution in [3.8, 4) is 5.88 Å². The standard InChI is InChI=1S/C21H29N3O6S/c1-10(2)28-18(26)12-13-15(22-20-24(17(13)25)8-9-31-20)30-16(23-21(5,6)7)14(12)19(27)29-11(3)4/h10-12,23H,8-9H2,1-7H3. The summed E-state index contributed by atoms with van der Waals surface area (Å²) >= 11 is 1.43. The van der Waals surface area contributed by atoms with Crippen molar-refractivity contribution < 1.29 is 23.8 Å². The molecule has 0 radical (unpaired) electrons. The summed E-state index contributed by atoms with van der Waals surface area (Å²) in [6.07, 6.45) is -0.879. The monoisotopic (exact) mass is 451 g/mol. The van der Waals surface area contributed by atoms with Gasteiger partial charge >= 0.3 is 11.9 Å². The number of carbonyl (C=O) groups is 2. The molecule has 0 fully saturated rings. The first-order chi connectivity index (χ1) is 14.4. The maximum atomic E-state index is 13.3. The van der Waals surface area contributed by atoms with E-state index in [4.69, 9.17) is 14.2 Å². The fraction of sp³-hybridized carbons (Fsp3) is 0.619. The summed E-state index contributed by atoms with van der Waals surface area (Å²) in [4.78, 5) is 44.1. The number of aromatic nitrogens is 2. The van der Waals surface area contributed by atoms with Gasteiger partial charge in [-0.25, -0.2) is 4.79 Å². The van der Waals surface area contributed by atoms with Crippen molar-refractivity contribution >= 4 is 23.7 Å². The first-order valence-electron chi connectivity index (χ1n) is 10.3. The van der Waals surface area contributed by atoms with Crippen LogP contribution in [0.4, 0.5) is 0 Å². The lowest BCUT2D eigenvalue weighted by Gasteiger charge is -2.32. The third kappa shape index (κ3) is 4.89. The highest BCUT2D eigenvalue weighted by Crippen LogP contribution is 2.39. The van der Waals surface area contributed by atoms with Crippen LogP contribution in [0, 0.1) is 0 Å². The van der Waals surface area contributed by atoms with Crippen molar-refractivity contribution in [2.24, 2.45) is 0 Å². The van der Waals surface area contributed by atoms with Gasteiger partial charge in [-0.3, -0.25) is 14.2 Å². The fourth-order valence-electron chi connectivity index (χ4n) is 3.28. The number of nitrogens with zero attached hydrogens (tertiary/aromatic N) is 2. The highest BCUT2D eigenvalue weighted by atomic mass is 32.2. The van der Waals surface area contributed by atoms with Crippen molar-refractivity contribution in [3.63, 3.8) is 0 Å². The Labute approximate surface area is 185 Å². The zero-order valence-electron chi connectivity index (χ0n) is 18.9. The van der Waals surface area contributed by atoms with Crippen molar-refractivity contribution in [1.82, 2.24) is 14.9 Å². The van der Waals surface area contributed by atoms with Crippen LogP contribution in [0.25, 0.3) is 0 Å². The van der Waals surface area contributed by atoms with E-state index >= 15 is 0 Å². The number of hydrogen-bond donors (Lipinski definition) is 1. The number of carbonyl (C=O) groups excluding carboxylic acids is 2. The molecule has 3 rings (SSSR count). The van der Waals surface area contributed by atoms with Crippen molar-refractivity contribution in [2.75, 3.05) is 5.75 Å². The molecule has 10 heteroatoms. The maximum Gasteiger partial charge on any atom is 0.340 e. The second-order valence-corrected chi connectivity index (χ2v) is 10.1. The van der Waals surface area contributed by atoms with Crippen LogP contribution >= 0.6 is 11.8 Å². The van der Waals surface area contributed by atoms with Gasteiger partial charge in [0.15, 0.2) is 5.16 Å². The molecule has 0 saturated heterocycles. The van der Waals surface area contributed by atoms with Crippen LogP contribution in [0.15, 0.2) is 21.4 Å². The number of fused-ring (bicyclic) bond motifs is 2. The van der Waals surface area contributed by atoms with Crippen LogP contribution in [-0.4, -0.2) is 45.0 Å². The molecule has 1 N–H and O–H groups in total. The zero-order chi connectivity index (χ0) is 23.1. The molecule has 1 atom stereocenters. The second kappa shape index (κ2) is 8.57. The molecule has 170 valence electrons. The molecule has 0 bridgehead atoms. The molecule has 1 aromatic heterocycles. The molecular formula is C21H29N3O6S. The number of hydrogen-bond acceptors (Lipinski definition) is 9. The fourth-order valence-corrected chi connectivity index (χ4v) is 4.21. The van der Waals surface area contributed by atoms with E-state index in [1.54, 1.807) is 27.7 Å². The van der Waals surface area contributed by atoms with Gasteiger partial charge in [-0.2, -0.15) is 4.98 Å². The predicted octanol–water partition coefficient (Wildman–Crippen LogP) is 2.33. The van der Waals surface area contributed by atoms with Gasteiger partial charge in [0.25, 0.3) is 5.56 Å². The molecule has 0 amide bonds. The minimum Gasteiger partial charge on any atom is -0.462 e. The molecule has 1 aromatic rings. The Bertz CT molecular complexity index is 990. The average Bonchev–Trinajstić information content (AvgIpc) is 3.06. The number of thioether (sulfide) groups is 1. The van der Waals surface area contributed by atoms with Crippen LogP contribution in [-0.2, 0) is 25.6 Å². The van der Waals surface area contributed by atoms with E-state index in [0.29, 0.717) is 17.5 Å². The number of esters is 2. The normalized spacial score (nSPS) is 17.9. The molecule has 1 unspecified atom stereocenters. The first kappa shape index (κ1) is 23.2. The highest BCUT2D eigenvalue weighted by molar-refractivity contribution is 7.99. The molecular weight excluding hydrogens is 422 g/mol. The van der Waals surface area contributed by atoms with E-state index in [0.717, 1.165) is 0 Å². The lowest BCUT2D eigenvalue weighted by molar-refractivity contribution is -0.152. The Morgan fingerprint density at radius 2 is 1.84 bits per heavy atom. The summed E-state index contributed by atoms with van der Waals surface area (Å²) in [5.41, 5.74) is -1.03. The molecule has 31 heavy (non-hydrogen) atoms. The summed E-state index contributed by atoms with van der Waals surface area (Å²) < 4.78 is 18.3. The van der Waals surface area contributed by atoms with Crippen LogP contribution < -0.4 is 15.6 Å². The van der Waals surface area contributed by atoms with Crippen LogP contribution in [0.3, 0.4) is 0 Å². The Kier molecular flexibility index (Phi) is 6.40. The van der Waals surface area contributed by atoms with Crippen molar-refractivity contribution in [2.45, 2.75) is 83.8 Å². The minimum absolute atomic E-state index is 0.00389. The van der Waals surface area contributed by atoms with Gasteiger partial charge < -0.3 is 19.5 Å². The number of nitrogens with one attached hydrogen (secondary N) is 1. The molecule has 0 spiro atoms. The highest BCUT2D eigenvalue weighted by Gasteiger charge is 2.45. The molecule has 3 heterocycles. The Balaban J connectivity index is 2.26. The Hall–Kier alpha value is -2.49. The summed E-state index contributed by atoms with van der Waals surface area (Å²) in [7, 11) is 0. The Morgan fingerprint density at radius 3 is 2.42 bits per heavy atom. The first-order valence-corrected chi connectivity index (χ1v) is 11.3.